The number of hydrogen-bond acceptors (Lipinski definition) is 7. The molecule has 0 spiro atoms. The van der Waals surface area contributed by atoms with Gasteiger partial charge in [-0.15, -0.1) is 5.10 Å². The number of sulfonamides is 1. The van der Waals surface area contributed by atoms with Crippen LogP contribution >= 0.6 is 0 Å². The van der Waals surface area contributed by atoms with Crippen LogP contribution in [-0.4, -0.2) is 76.0 Å². The first-order valence-corrected chi connectivity index (χ1v) is 13.8. The molecule has 2 aliphatic heterocycles. The Labute approximate surface area is 211 Å². The lowest BCUT2D eigenvalue weighted by Gasteiger charge is -2.35. The maximum absolute atomic E-state index is 13.3. The van der Waals surface area contributed by atoms with Gasteiger partial charge in [0, 0.05) is 38.8 Å². The van der Waals surface area contributed by atoms with Crippen LogP contribution in [0.4, 0.5) is 0 Å². The second-order valence-corrected chi connectivity index (χ2v) is 11.4. The molecule has 2 aromatic carbocycles. The highest BCUT2D eigenvalue weighted by molar-refractivity contribution is 7.89. The molecule has 0 bridgehead atoms. The summed E-state index contributed by atoms with van der Waals surface area (Å²) in [4.78, 5) is 15.7. The average molecular weight is 510 g/mol. The number of carbonyl (C=O) groups excluding carboxylic acids is 1. The highest BCUT2D eigenvalue weighted by atomic mass is 32.2. The van der Waals surface area contributed by atoms with Crippen LogP contribution < -0.4 is 5.32 Å². The van der Waals surface area contributed by atoms with Gasteiger partial charge in [0.25, 0.3) is 0 Å². The molecule has 3 heterocycles. The van der Waals surface area contributed by atoms with E-state index in [0.29, 0.717) is 25.1 Å². The van der Waals surface area contributed by atoms with E-state index in [1.807, 2.05) is 6.07 Å². The Morgan fingerprint density at radius 3 is 2.42 bits per heavy atom. The zero-order valence-electron chi connectivity index (χ0n) is 20.1. The van der Waals surface area contributed by atoms with Crippen LogP contribution in [0.2, 0.25) is 0 Å². The molecule has 0 saturated carbocycles. The fraction of sp³-hybridized carbons (Fsp3) is 0.440. The van der Waals surface area contributed by atoms with E-state index in [1.54, 1.807) is 24.3 Å². The van der Waals surface area contributed by atoms with Gasteiger partial charge >= 0.3 is 0 Å². The van der Waals surface area contributed by atoms with Gasteiger partial charge in [-0.05, 0) is 65.9 Å². The smallest absolute Gasteiger partial charge is 0.243 e. The lowest BCUT2D eigenvalue weighted by atomic mass is 9.97. The van der Waals surface area contributed by atoms with Crippen LogP contribution in [0.15, 0.2) is 65.8 Å². The van der Waals surface area contributed by atoms with E-state index in [0.717, 1.165) is 32.5 Å². The summed E-state index contributed by atoms with van der Waals surface area (Å²) >= 11 is 0. The lowest BCUT2D eigenvalue weighted by Crippen LogP contribution is -2.50. The molecule has 11 heteroatoms. The number of nitrogens with one attached hydrogen (secondary N) is 1. The first-order chi connectivity index (χ1) is 17.5. The molecule has 10 nitrogen and oxygen atoms in total. The second-order valence-electron chi connectivity index (χ2n) is 9.50. The number of aromatic nitrogens is 4. The standard InChI is InChI=1S/C25H31N7O3S/c33-25(27-22-12-15-30(16-13-22)17-20-5-2-1-3-6-20)21-7-4-14-31(18-21)36(34,35)24-10-8-23(9-11-24)32-19-26-28-29-32/h1-3,5-6,8-11,19,21-22H,4,7,12-18H2,(H,27,33)/t21-/m0/s1. The Balaban J connectivity index is 1.14. The Morgan fingerprint density at radius 1 is 0.972 bits per heavy atom. The van der Waals surface area contributed by atoms with E-state index in [9.17, 15) is 13.2 Å². The summed E-state index contributed by atoms with van der Waals surface area (Å²) in [5, 5.41) is 14.2. The third kappa shape index (κ3) is 5.63. The summed E-state index contributed by atoms with van der Waals surface area (Å²) in [6.07, 6.45) is 4.62. The number of piperidine rings is 2. The minimum Gasteiger partial charge on any atom is -0.353 e. The number of amides is 1. The fourth-order valence-corrected chi connectivity index (χ4v) is 6.49. The molecule has 0 unspecified atom stereocenters. The van der Waals surface area contributed by atoms with Crippen LogP contribution in [0.1, 0.15) is 31.2 Å². The maximum Gasteiger partial charge on any atom is 0.243 e. The van der Waals surface area contributed by atoms with Crippen LogP contribution in [0, 0.1) is 5.92 Å². The van der Waals surface area contributed by atoms with Gasteiger partial charge in [-0.2, -0.15) is 4.31 Å². The van der Waals surface area contributed by atoms with Crippen LogP contribution in [0.3, 0.4) is 0 Å². The first-order valence-electron chi connectivity index (χ1n) is 12.4. The predicted octanol–water partition coefficient (Wildman–Crippen LogP) is 1.84. The number of carbonyl (C=O) groups is 1. The van der Waals surface area contributed by atoms with E-state index < -0.39 is 10.0 Å². The molecule has 0 radical (unpaired) electrons. The van der Waals surface area contributed by atoms with E-state index in [2.05, 4.69) is 50.0 Å². The van der Waals surface area contributed by atoms with Crippen molar-refractivity contribution < 1.29 is 13.2 Å². The Kier molecular flexibility index (Phi) is 7.40. The first kappa shape index (κ1) is 24.5. The average Bonchev–Trinajstić information content (AvgIpc) is 3.46. The van der Waals surface area contributed by atoms with Gasteiger partial charge in [-0.1, -0.05) is 30.3 Å². The summed E-state index contributed by atoms with van der Waals surface area (Å²) in [7, 11) is -3.70. The molecule has 0 aliphatic carbocycles. The number of benzene rings is 2. The SMILES string of the molecule is O=C(NC1CCN(Cc2ccccc2)CC1)[C@H]1CCCN(S(=O)(=O)c2ccc(-n3cnnn3)cc2)C1. The topological polar surface area (TPSA) is 113 Å². The summed E-state index contributed by atoms with van der Waals surface area (Å²) in [5.74, 6) is -0.373. The van der Waals surface area contributed by atoms with E-state index >= 15 is 0 Å². The van der Waals surface area contributed by atoms with Crippen molar-refractivity contribution in [2.45, 2.75) is 43.2 Å². The number of nitrogens with zero attached hydrogens (tertiary/aromatic N) is 6. The highest BCUT2D eigenvalue weighted by Crippen LogP contribution is 2.25. The Bertz CT molecular complexity index is 1240. The summed E-state index contributed by atoms with van der Waals surface area (Å²) in [5.41, 5.74) is 1.97. The van der Waals surface area contributed by atoms with Gasteiger partial charge in [0.05, 0.1) is 16.5 Å². The van der Waals surface area contributed by atoms with Crippen molar-refractivity contribution in [1.82, 2.24) is 34.7 Å². The monoisotopic (exact) mass is 509 g/mol. The summed E-state index contributed by atoms with van der Waals surface area (Å²) in [6, 6.07) is 17.0. The third-order valence-corrected chi connectivity index (χ3v) is 8.91. The molecule has 1 atom stereocenters. The molecule has 5 rings (SSSR count). The van der Waals surface area contributed by atoms with Gasteiger partial charge < -0.3 is 5.32 Å². The molecule has 1 amide bonds. The minimum atomic E-state index is -3.70. The largest absolute Gasteiger partial charge is 0.353 e. The quantitative estimate of drug-likeness (QED) is 0.517. The van der Waals surface area contributed by atoms with Crippen molar-refractivity contribution in [3.05, 3.63) is 66.5 Å². The summed E-state index contributed by atoms with van der Waals surface area (Å²) in [6.45, 7) is 3.42. The molecule has 2 saturated heterocycles. The molecule has 3 aromatic rings. The van der Waals surface area contributed by atoms with Crippen LogP contribution in [0.5, 0.6) is 0 Å². The van der Waals surface area contributed by atoms with Gasteiger partial charge in [-0.25, -0.2) is 13.1 Å². The lowest BCUT2D eigenvalue weighted by molar-refractivity contribution is -0.127. The van der Waals surface area contributed by atoms with E-state index in [-0.39, 0.29) is 29.3 Å². The molecular formula is C25H31N7O3S. The summed E-state index contributed by atoms with van der Waals surface area (Å²) < 4.78 is 29.4. The van der Waals surface area contributed by atoms with Crippen molar-refractivity contribution in [2.75, 3.05) is 26.2 Å². The van der Waals surface area contributed by atoms with E-state index in [4.69, 9.17) is 0 Å². The third-order valence-electron chi connectivity index (χ3n) is 7.03. The number of rotatable bonds is 7. The van der Waals surface area contributed by atoms with Gasteiger partial charge in [0.2, 0.25) is 15.9 Å². The van der Waals surface area contributed by atoms with Crippen molar-refractivity contribution in [1.29, 1.82) is 0 Å². The van der Waals surface area contributed by atoms with Gasteiger partial charge in [-0.3, -0.25) is 9.69 Å². The Morgan fingerprint density at radius 2 is 1.72 bits per heavy atom. The van der Waals surface area contributed by atoms with Crippen molar-refractivity contribution in [3.63, 3.8) is 0 Å². The zero-order valence-corrected chi connectivity index (χ0v) is 20.9. The van der Waals surface area contributed by atoms with E-state index in [1.165, 1.54) is 20.9 Å². The number of tetrazole rings is 1. The normalized spacial score (nSPS) is 20.3. The van der Waals surface area contributed by atoms with Gasteiger partial charge in [0.15, 0.2) is 0 Å². The molecule has 1 N–H and O–H groups in total. The number of hydrogen-bond donors (Lipinski definition) is 1. The predicted molar refractivity (Wildman–Crippen MR) is 134 cm³/mol. The number of likely N-dealkylation sites (tertiary alicyclic amines) is 1. The fourth-order valence-electron chi connectivity index (χ4n) is 4.97. The van der Waals surface area contributed by atoms with Crippen molar-refractivity contribution in [3.8, 4) is 5.69 Å². The van der Waals surface area contributed by atoms with Gasteiger partial charge in [0.1, 0.15) is 6.33 Å². The van der Waals surface area contributed by atoms with Crippen LogP contribution in [0.25, 0.3) is 5.69 Å². The van der Waals surface area contributed by atoms with Crippen molar-refractivity contribution in [2.24, 2.45) is 5.92 Å². The molecular weight excluding hydrogens is 478 g/mol. The molecule has 2 fully saturated rings. The Hall–Kier alpha value is -3.15. The molecule has 2 aliphatic rings. The van der Waals surface area contributed by atoms with Crippen LogP contribution in [-0.2, 0) is 21.4 Å². The minimum absolute atomic E-state index is 0.0366. The molecule has 1 aromatic heterocycles. The van der Waals surface area contributed by atoms with Crippen molar-refractivity contribution >= 4 is 15.9 Å². The second kappa shape index (κ2) is 10.9. The highest BCUT2D eigenvalue weighted by Gasteiger charge is 2.34. The molecule has 36 heavy (non-hydrogen) atoms. The molecule has 190 valence electrons. The zero-order chi connectivity index (χ0) is 25.0. The maximum atomic E-state index is 13.3.